The summed E-state index contributed by atoms with van der Waals surface area (Å²) in [6, 6.07) is 9.72. The van der Waals surface area contributed by atoms with Crippen molar-refractivity contribution in [2.45, 2.75) is 18.8 Å². The number of rotatable bonds is 5. The number of carbonyl (C=O) groups excluding carboxylic acids is 1. The number of nitrogens with zero attached hydrogens (tertiary/aromatic N) is 6. The second kappa shape index (κ2) is 8.85. The van der Waals surface area contributed by atoms with Gasteiger partial charge in [-0.3, -0.25) is 9.78 Å². The number of carbonyl (C=O) groups is 1. The number of piperidine rings is 1. The topological polar surface area (TPSA) is 94.7 Å². The van der Waals surface area contributed by atoms with Crippen molar-refractivity contribution in [1.82, 2.24) is 29.5 Å². The average molecular weight is 444 g/mol. The Bertz CT molecular complexity index is 1290. The van der Waals surface area contributed by atoms with Gasteiger partial charge in [0.2, 0.25) is 0 Å². The van der Waals surface area contributed by atoms with Crippen LogP contribution in [-0.4, -0.2) is 62.7 Å². The van der Waals surface area contributed by atoms with Crippen molar-refractivity contribution in [3.05, 3.63) is 66.6 Å². The molecule has 0 radical (unpaired) electrons. The van der Waals surface area contributed by atoms with Crippen LogP contribution in [0.15, 0.2) is 55.1 Å². The molecule has 5 rings (SSSR count). The first-order valence-electron chi connectivity index (χ1n) is 10.8. The van der Waals surface area contributed by atoms with E-state index in [0.717, 1.165) is 35.4 Å². The monoisotopic (exact) mass is 444 g/mol. The highest BCUT2D eigenvalue weighted by atomic mass is 16.5. The molecule has 1 aromatic carbocycles. The molecule has 168 valence electrons. The van der Waals surface area contributed by atoms with E-state index in [0.29, 0.717) is 30.3 Å². The molecule has 0 bridgehead atoms. The van der Waals surface area contributed by atoms with Crippen molar-refractivity contribution in [2.75, 3.05) is 27.3 Å². The van der Waals surface area contributed by atoms with Gasteiger partial charge in [0.25, 0.3) is 5.91 Å². The van der Waals surface area contributed by atoms with Crippen LogP contribution in [0, 0.1) is 0 Å². The summed E-state index contributed by atoms with van der Waals surface area (Å²) in [6.45, 7) is 1.25. The summed E-state index contributed by atoms with van der Waals surface area (Å²) in [4.78, 5) is 27.5. The van der Waals surface area contributed by atoms with Gasteiger partial charge in [0.05, 0.1) is 20.4 Å². The smallest absolute Gasteiger partial charge is 0.274 e. The number of ether oxygens (including phenoxy) is 2. The third-order valence-electron chi connectivity index (χ3n) is 5.92. The number of benzene rings is 1. The van der Waals surface area contributed by atoms with Gasteiger partial charge in [-0.05, 0) is 31.0 Å². The summed E-state index contributed by atoms with van der Waals surface area (Å²) in [5.41, 5.74) is 2.97. The van der Waals surface area contributed by atoms with Crippen molar-refractivity contribution < 1.29 is 14.3 Å². The standard InChI is InChI=1S/C24H24N6O3/c1-32-20-7-3-6-18(22(20)33-2)16-8-9-21-27-23(28-30(21)15-16)17-5-4-12-29(14-17)24(31)19-13-25-10-11-26-19/h3,6-11,13,15,17H,4-5,12,14H2,1-2H3/t17-/m0/s1. The first kappa shape index (κ1) is 20.9. The Balaban J connectivity index is 1.42. The number of para-hydroxylation sites is 1. The summed E-state index contributed by atoms with van der Waals surface area (Å²) in [7, 11) is 3.25. The molecule has 4 aromatic rings. The van der Waals surface area contributed by atoms with Gasteiger partial charge in [0.15, 0.2) is 23.0 Å². The minimum Gasteiger partial charge on any atom is -0.493 e. The van der Waals surface area contributed by atoms with Crippen molar-refractivity contribution in [2.24, 2.45) is 0 Å². The van der Waals surface area contributed by atoms with Gasteiger partial charge in [-0.1, -0.05) is 12.1 Å². The molecule has 1 fully saturated rings. The van der Waals surface area contributed by atoms with Crippen molar-refractivity contribution in [3.8, 4) is 22.6 Å². The van der Waals surface area contributed by atoms with Crippen LogP contribution in [0.25, 0.3) is 16.8 Å². The number of methoxy groups -OCH3 is 2. The Kier molecular flexibility index (Phi) is 5.60. The van der Waals surface area contributed by atoms with E-state index >= 15 is 0 Å². The molecule has 1 aliphatic heterocycles. The fourth-order valence-corrected chi connectivity index (χ4v) is 4.29. The zero-order chi connectivity index (χ0) is 22.8. The molecule has 0 saturated carbocycles. The van der Waals surface area contributed by atoms with Gasteiger partial charge in [0, 0.05) is 48.7 Å². The van der Waals surface area contributed by atoms with Gasteiger partial charge in [-0.25, -0.2) is 14.5 Å². The lowest BCUT2D eigenvalue weighted by Crippen LogP contribution is -2.39. The highest BCUT2D eigenvalue weighted by molar-refractivity contribution is 5.92. The van der Waals surface area contributed by atoms with E-state index in [4.69, 9.17) is 19.6 Å². The van der Waals surface area contributed by atoms with Crippen LogP contribution in [0.4, 0.5) is 0 Å². The Labute approximate surface area is 191 Å². The second-order valence-electron chi connectivity index (χ2n) is 7.91. The third kappa shape index (κ3) is 3.97. The molecule has 1 aliphatic rings. The molecule has 9 heteroatoms. The molecule has 0 unspecified atom stereocenters. The van der Waals surface area contributed by atoms with Gasteiger partial charge >= 0.3 is 0 Å². The zero-order valence-corrected chi connectivity index (χ0v) is 18.5. The van der Waals surface area contributed by atoms with E-state index in [9.17, 15) is 4.79 Å². The van der Waals surface area contributed by atoms with Crippen LogP contribution in [0.5, 0.6) is 11.5 Å². The summed E-state index contributed by atoms with van der Waals surface area (Å²) >= 11 is 0. The van der Waals surface area contributed by atoms with E-state index in [-0.39, 0.29) is 11.8 Å². The van der Waals surface area contributed by atoms with Crippen LogP contribution >= 0.6 is 0 Å². The molecule has 0 spiro atoms. The predicted octanol–water partition coefficient (Wildman–Crippen LogP) is 3.22. The summed E-state index contributed by atoms with van der Waals surface area (Å²) in [5.74, 6) is 2.04. The Morgan fingerprint density at radius 2 is 2.03 bits per heavy atom. The molecule has 1 amide bonds. The van der Waals surface area contributed by atoms with Crippen LogP contribution in [0.1, 0.15) is 35.1 Å². The van der Waals surface area contributed by atoms with Crippen LogP contribution in [0.3, 0.4) is 0 Å². The summed E-state index contributed by atoms with van der Waals surface area (Å²) in [6.07, 6.45) is 8.35. The molecule has 33 heavy (non-hydrogen) atoms. The SMILES string of the molecule is COc1cccc(-c2ccc3nc([C@H]4CCCN(C(=O)c5cnccn5)C4)nn3c2)c1OC. The van der Waals surface area contributed by atoms with E-state index in [1.807, 2.05) is 41.4 Å². The maximum atomic E-state index is 12.8. The first-order chi connectivity index (χ1) is 16.2. The lowest BCUT2D eigenvalue weighted by atomic mass is 9.97. The second-order valence-corrected chi connectivity index (χ2v) is 7.91. The van der Waals surface area contributed by atoms with Gasteiger partial charge in [-0.2, -0.15) is 5.10 Å². The number of hydrogen-bond donors (Lipinski definition) is 0. The molecular formula is C24H24N6O3. The van der Waals surface area contributed by atoms with E-state index in [2.05, 4.69) is 9.97 Å². The zero-order valence-electron chi connectivity index (χ0n) is 18.5. The molecule has 9 nitrogen and oxygen atoms in total. The van der Waals surface area contributed by atoms with Crippen LogP contribution in [0.2, 0.25) is 0 Å². The third-order valence-corrected chi connectivity index (χ3v) is 5.92. The van der Waals surface area contributed by atoms with Gasteiger partial charge < -0.3 is 14.4 Å². The average Bonchev–Trinajstić information content (AvgIpc) is 3.32. The number of amides is 1. The molecule has 1 atom stereocenters. The number of likely N-dealkylation sites (tertiary alicyclic amines) is 1. The van der Waals surface area contributed by atoms with E-state index in [1.165, 1.54) is 12.4 Å². The van der Waals surface area contributed by atoms with Crippen molar-refractivity contribution >= 4 is 11.6 Å². The number of hydrogen-bond acceptors (Lipinski definition) is 7. The highest BCUT2D eigenvalue weighted by Crippen LogP contribution is 2.37. The molecule has 3 aromatic heterocycles. The molecular weight excluding hydrogens is 420 g/mol. The van der Waals surface area contributed by atoms with Crippen LogP contribution in [-0.2, 0) is 0 Å². The van der Waals surface area contributed by atoms with Crippen LogP contribution < -0.4 is 9.47 Å². The van der Waals surface area contributed by atoms with Crippen molar-refractivity contribution in [3.63, 3.8) is 0 Å². The van der Waals surface area contributed by atoms with E-state index in [1.54, 1.807) is 24.9 Å². The van der Waals surface area contributed by atoms with Gasteiger partial charge in [-0.15, -0.1) is 0 Å². The Morgan fingerprint density at radius 1 is 1.12 bits per heavy atom. The molecule has 1 saturated heterocycles. The summed E-state index contributed by atoms with van der Waals surface area (Å²) in [5, 5.41) is 4.75. The number of fused-ring (bicyclic) bond motifs is 1. The first-order valence-corrected chi connectivity index (χ1v) is 10.8. The molecule has 0 aliphatic carbocycles. The molecule has 4 heterocycles. The highest BCUT2D eigenvalue weighted by Gasteiger charge is 2.28. The number of aromatic nitrogens is 5. The largest absolute Gasteiger partial charge is 0.493 e. The van der Waals surface area contributed by atoms with Gasteiger partial charge in [0.1, 0.15) is 5.69 Å². The maximum absolute atomic E-state index is 12.8. The lowest BCUT2D eigenvalue weighted by Gasteiger charge is -2.31. The van der Waals surface area contributed by atoms with E-state index < -0.39 is 0 Å². The Morgan fingerprint density at radius 3 is 2.82 bits per heavy atom. The maximum Gasteiger partial charge on any atom is 0.274 e. The minimum atomic E-state index is -0.107. The fourth-order valence-electron chi connectivity index (χ4n) is 4.29. The normalized spacial score (nSPS) is 16.1. The summed E-state index contributed by atoms with van der Waals surface area (Å²) < 4.78 is 12.8. The predicted molar refractivity (Wildman–Crippen MR) is 121 cm³/mol. The quantitative estimate of drug-likeness (QED) is 0.466. The number of pyridine rings is 1. The molecule has 0 N–H and O–H groups in total. The fraction of sp³-hybridized carbons (Fsp3) is 0.292. The minimum absolute atomic E-state index is 0.0640. The lowest BCUT2D eigenvalue weighted by molar-refractivity contribution is 0.0698. The Hall–Kier alpha value is -4.01. The van der Waals surface area contributed by atoms with Crippen molar-refractivity contribution in [1.29, 1.82) is 0 Å².